The van der Waals surface area contributed by atoms with Gasteiger partial charge in [0.05, 0.1) is 13.2 Å². The fourth-order valence-corrected chi connectivity index (χ4v) is 2.95. The molecule has 10 nitrogen and oxygen atoms in total. The Morgan fingerprint density at radius 2 is 1.64 bits per heavy atom. The molecule has 3 saturated heterocycles. The molecule has 0 amide bonds. The molecular weight excluding hydrogens is 304 g/mol. The lowest BCUT2D eigenvalue weighted by atomic mass is 9.98. The summed E-state index contributed by atoms with van der Waals surface area (Å²) in [6.07, 6.45) is -12.3. The van der Waals surface area contributed by atoms with Crippen LogP contribution in [0.2, 0.25) is 0 Å². The molecule has 6 N–H and O–H groups in total. The fraction of sp³-hybridized carbons (Fsp3) is 1.00. The molecule has 1 unspecified atom stereocenters. The molecule has 2 bridgehead atoms. The average molecular weight is 324 g/mol. The lowest BCUT2D eigenvalue weighted by molar-refractivity contribution is -0.341. The van der Waals surface area contributed by atoms with Gasteiger partial charge in [-0.15, -0.1) is 0 Å². The van der Waals surface area contributed by atoms with E-state index in [9.17, 15) is 30.6 Å². The molecule has 0 spiro atoms. The molecular formula is C12H20O10. The second kappa shape index (κ2) is 6.24. The van der Waals surface area contributed by atoms with Gasteiger partial charge in [0.15, 0.2) is 12.6 Å². The van der Waals surface area contributed by atoms with E-state index in [1.54, 1.807) is 0 Å². The smallest absolute Gasteiger partial charge is 0.187 e. The highest BCUT2D eigenvalue weighted by Crippen LogP contribution is 2.32. The molecule has 0 aromatic rings. The van der Waals surface area contributed by atoms with E-state index in [0.717, 1.165) is 0 Å². The van der Waals surface area contributed by atoms with E-state index in [1.165, 1.54) is 0 Å². The standard InChI is InChI=1S/C12H20O10/c13-1-3-9(6(15)7(16)11(18)20-3)22-12-8(17)10-5(14)4(21-12)2-19-10/h3-18H,1-2H2/t3-,4-,5-,6-,7-,8-,9-,10+,11?,12-/m1/s1. The predicted molar refractivity (Wildman–Crippen MR) is 65.3 cm³/mol. The minimum Gasteiger partial charge on any atom is -0.394 e. The molecule has 10 atom stereocenters. The van der Waals surface area contributed by atoms with Crippen LogP contribution in [0.1, 0.15) is 0 Å². The molecule has 3 aliphatic rings. The van der Waals surface area contributed by atoms with Crippen molar-refractivity contribution in [3.05, 3.63) is 0 Å². The Kier molecular flexibility index (Phi) is 4.67. The summed E-state index contributed by atoms with van der Waals surface area (Å²) < 4.78 is 21.0. The zero-order valence-electron chi connectivity index (χ0n) is 11.5. The Morgan fingerprint density at radius 3 is 2.32 bits per heavy atom. The van der Waals surface area contributed by atoms with Gasteiger partial charge < -0.3 is 49.6 Å². The van der Waals surface area contributed by atoms with Crippen LogP contribution in [-0.2, 0) is 18.9 Å². The van der Waals surface area contributed by atoms with E-state index < -0.39 is 68.0 Å². The number of rotatable bonds is 3. The summed E-state index contributed by atoms with van der Waals surface area (Å²) in [5.41, 5.74) is 0. The van der Waals surface area contributed by atoms with Crippen molar-refractivity contribution < 1.29 is 49.6 Å². The van der Waals surface area contributed by atoms with Crippen LogP contribution in [-0.4, -0.2) is 105 Å². The van der Waals surface area contributed by atoms with Gasteiger partial charge in [-0.25, -0.2) is 0 Å². The Morgan fingerprint density at radius 1 is 0.909 bits per heavy atom. The molecule has 3 rings (SSSR count). The Balaban J connectivity index is 1.71. The summed E-state index contributed by atoms with van der Waals surface area (Å²) in [5.74, 6) is 0. The van der Waals surface area contributed by atoms with Gasteiger partial charge in [-0.05, 0) is 0 Å². The number of hydrogen-bond donors (Lipinski definition) is 6. The summed E-state index contributed by atoms with van der Waals surface area (Å²) in [7, 11) is 0. The van der Waals surface area contributed by atoms with E-state index >= 15 is 0 Å². The lowest BCUT2D eigenvalue weighted by Gasteiger charge is -2.43. The molecule has 0 aliphatic carbocycles. The summed E-state index contributed by atoms with van der Waals surface area (Å²) in [5, 5.41) is 58.2. The zero-order valence-corrected chi connectivity index (χ0v) is 11.5. The van der Waals surface area contributed by atoms with Gasteiger partial charge in [0.2, 0.25) is 0 Å². The maximum absolute atomic E-state index is 10.1. The highest BCUT2D eigenvalue weighted by Gasteiger charge is 2.53. The lowest BCUT2D eigenvalue weighted by Crippen LogP contribution is -2.62. The van der Waals surface area contributed by atoms with Crippen molar-refractivity contribution in [2.75, 3.05) is 13.2 Å². The van der Waals surface area contributed by atoms with Crippen LogP contribution in [0.3, 0.4) is 0 Å². The number of ether oxygens (including phenoxy) is 4. The van der Waals surface area contributed by atoms with Gasteiger partial charge in [0, 0.05) is 0 Å². The summed E-state index contributed by atoms with van der Waals surface area (Å²) in [6, 6.07) is 0. The Hall–Kier alpha value is -0.400. The highest BCUT2D eigenvalue weighted by molar-refractivity contribution is 4.97. The monoisotopic (exact) mass is 324 g/mol. The highest BCUT2D eigenvalue weighted by atomic mass is 16.7. The van der Waals surface area contributed by atoms with Gasteiger partial charge in [-0.3, -0.25) is 0 Å². The molecule has 0 aromatic carbocycles. The molecule has 0 saturated carbocycles. The number of fused-ring (bicyclic) bond motifs is 2. The molecule has 0 aromatic heterocycles. The number of aliphatic hydroxyl groups is 6. The first kappa shape index (κ1) is 16.5. The number of hydrogen-bond acceptors (Lipinski definition) is 10. The average Bonchev–Trinajstić information content (AvgIpc) is 2.77. The number of aliphatic hydroxyl groups excluding tert-OH is 6. The third kappa shape index (κ3) is 2.65. The molecule has 3 aliphatic heterocycles. The van der Waals surface area contributed by atoms with Crippen molar-refractivity contribution in [3.63, 3.8) is 0 Å². The van der Waals surface area contributed by atoms with Crippen molar-refractivity contribution in [1.82, 2.24) is 0 Å². The van der Waals surface area contributed by atoms with Crippen LogP contribution in [0.4, 0.5) is 0 Å². The normalized spacial score (nSPS) is 55.4. The Bertz CT molecular complexity index is 392. The SMILES string of the molecule is OC[C@H]1OC(O)[C@H](O)[C@@H](O)[C@@H]1O[C@H]1O[C@@H]2CO[C@H]([C@H]1O)[C@@H]2O. The van der Waals surface area contributed by atoms with Crippen molar-refractivity contribution in [3.8, 4) is 0 Å². The minimum atomic E-state index is -1.66. The van der Waals surface area contributed by atoms with Gasteiger partial charge in [0.25, 0.3) is 0 Å². The summed E-state index contributed by atoms with van der Waals surface area (Å²) >= 11 is 0. The quantitative estimate of drug-likeness (QED) is 0.299. The molecule has 10 heteroatoms. The van der Waals surface area contributed by atoms with Crippen LogP contribution in [0, 0.1) is 0 Å². The van der Waals surface area contributed by atoms with Crippen molar-refractivity contribution in [1.29, 1.82) is 0 Å². The van der Waals surface area contributed by atoms with Gasteiger partial charge in [-0.1, -0.05) is 0 Å². The zero-order chi connectivity index (χ0) is 16.0. The summed E-state index contributed by atoms with van der Waals surface area (Å²) in [6.45, 7) is -0.489. The van der Waals surface area contributed by atoms with Crippen LogP contribution in [0.25, 0.3) is 0 Å². The second-order valence-electron chi connectivity index (χ2n) is 5.65. The fourth-order valence-electron chi connectivity index (χ4n) is 2.95. The van der Waals surface area contributed by atoms with Crippen molar-refractivity contribution in [2.45, 2.75) is 61.4 Å². The van der Waals surface area contributed by atoms with E-state index in [-0.39, 0.29) is 6.61 Å². The maximum atomic E-state index is 10.1. The summed E-state index contributed by atoms with van der Waals surface area (Å²) in [4.78, 5) is 0. The van der Waals surface area contributed by atoms with Crippen LogP contribution in [0.5, 0.6) is 0 Å². The first-order valence-electron chi connectivity index (χ1n) is 7.03. The van der Waals surface area contributed by atoms with E-state index in [2.05, 4.69) is 0 Å². The topological polar surface area (TPSA) is 158 Å². The van der Waals surface area contributed by atoms with Gasteiger partial charge in [0.1, 0.15) is 48.8 Å². The second-order valence-corrected chi connectivity index (χ2v) is 5.65. The molecule has 128 valence electrons. The van der Waals surface area contributed by atoms with Gasteiger partial charge in [-0.2, -0.15) is 0 Å². The third-order valence-corrected chi connectivity index (χ3v) is 4.23. The Labute approximate surface area is 125 Å². The van der Waals surface area contributed by atoms with E-state index in [0.29, 0.717) is 0 Å². The molecule has 3 fully saturated rings. The molecule has 3 heterocycles. The maximum Gasteiger partial charge on any atom is 0.187 e. The van der Waals surface area contributed by atoms with Crippen LogP contribution >= 0.6 is 0 Å². The predicted octanol–water partition coefficient (Wildman–Crippen LogP) is -4.35. The minimum absolute atomic E-state index is 0.0945. The van der Waals surface area contributed by atoms with Crippen molar-refractivity contribution >= 4 is 0 Å². The molecule has 0 radical (unpaired) electrons. The van der Waals surface area contributed by atoms with E-state index in [1.807, 2.05) is 0 Å². The first-order valence-corrected chi connectivity index (χ1v) is 7.03. The van der Waals surface area contributed by atoms with Crippen LogP contribution < -0.4 is 0 Å². The van der Waals surface area contributed by atoms with Gasteiger partial charge >= 0.3 is 0 Å². The molecule has 22 heavy (non-hydrogen) atoms. The van der Waals surface area contributed by atoms with E-state index in [4.69, 9.17) is 18.9 Å². The first-order chi connectivity index (χ1) is 10.4. The third-order valence-electron chi connectivity index (χ3n) is 4.23. The largest absolute Gasteiger partial charge is 0.394 e. The van der Waals surface area contributed by atoms with Crippen molar-refractivity contribution in [2.24, 2.45) is 0 Å². The van der Waals surface area contributed by atoms with Crippen LogP contribution in [0.15, 0.2) is 0 Å².